The Balaban J connectivity index is 1.12. The van der Waals surface area contributed by atoms with E-state index < -0.39 is 47.5 Å². The van der Waals surface area contributed by atoms with Gasteiger partial charge in [-0.25, -0.2) is 23.1 Å². The van der Waals surface area contributed by atoms with Gasteiger partial charge in [-0.2, -0.15) is 9.49 Å². The molecule has 6 rings (SSSR count). The Morgan fingerprint density at radius 2 is 1.92 bits per heavy atom. The number of benzene rings is 1. The molecule has 2 atom stereocenters. The average molecular weight is 685 g/mol. The molecule has 1 aliphatic heterocycles. The number of amides is 2. The van der Waals surface area contributed by atoms with E-state index in [1.807, 2.05) is 39.0 Å². The van der Waals surface area contributed by atoms with Crippen LogP contribution in [0.25, 0.3) is 16.9 Å². The van der Waals surface area contributed by atoms with E-state index in [-0.39, 0.29) is 50.3 Å². The number of hydrogen-bond acceptors (Lipinski definition) is 8. The normalized spacial score (nSPS) is 18.1. The molecular formula is C33H39F3N8O5. The van der Waals surface area contributed by atoms with Crippen LogP contribution in [0, 0.1) is 5.95 Å². The Bertz CT molecular complexity index is 1920. The molecule has 16 heteroatoms. The second-order valence-electron chi connectivity index (χ2n) is 13.8. The topological polar surface area (TPSA) is 140 Å². The van der Waals surface area contributed by atoms with Crippen molar-refractivity contribution in [3.63, 3.8) is 0 Å². The van der Waals surface area contributed by atoms with Gasteiger partial charge < -0.3 is 19.6 Å². The number of rotatable bonds is 8. The van der Waals surface area contributed by atoms with E-state index in [1.54, 1.807) is 18.1 Å². The minimum Gasteiger partial charge on any atom is -0.444 e. The monoisotopic (exact) mass is 684 g/mol. The Morgan fingerprint density at radius 1 is 1.18 bits per heavy atom. The minimum absolute atomic E-state index is 0.0739. The van der Waals surface area contributed by atoms with Crippen molar-refractivity contribution in [1.82, 2.24) is 38.7 Å². The number of likely N-dealkylation sites (tertiary alicyclic amines) is 1. The lowest BCUT2D eigenvalue weighted by atomic mass is 9.91. The largest absolute Gasteiger partial charge is 0.444 e. The highest BCUT2D eigenvalue weighted by molar-refractivity contribution is 5.77. The second kappa shape index (κ2) is 12.9. The lowest BCUT2D eigenvalue weighted by molar-refractivity contribution is -0.138. The van der Waals surface area contributed by atoms with Gasteiger partial charge in [0.05, 0.1) is 36.5 Å². The fraction of sp³-hybridized carbons (Fsp3) is 0.515. The molecule has 13 nitrogen and oxygen atoms in total. The Labute approximate surface area is 279 Å². The first-order valence-corrected chi connectivity index (χ1v) is 16.1. The molecule has 0 bridgehead atoms. The molecule has 0 radical (unpaired) electrons. The third kappa shape index (κ3) is 7.05. The summed E-state index contributed by atoms with van der Waals surface area (Å²) in [6.45, 7) is 5.56. The van der Waals surface area contributed by atoms with Crippen molar-refractivity contribution in [3.8, 4) is 11.3 Å². The summed E-state index contributed by atoms with van der Waals surface area (Å²) in [7, 11) is 1.74. The molecule has 1 aliphatic carbocycles. The summed E-state index contributed by atoms with van der Waals surface area (Å²) in [6, 6.07) is 5.10. The molecule has 2 unspecified atom stereocenters. The van der Waals surface area contributed by atoms with E-state index >= 15 is 0 Å². The fourth-order valence-electron chi connectivity index (χ4n) is 6.58. The number of carbonyl (C=O) groups excluding carboxylic acids is 2. The van der Waals surface area contributed by atoms with Crippen LogP contribution in [-0.4, -0.2) is 93.6 Å². The second-order valence-corrected chi connectivity index (χ2v) is 13.8. The summed E-state index contributed by atoms with van der Waals surface area (Å²) in [5.41, 5.74) is 1.18. The molecule has 262 valence electrons. The van der Waals surface area contributed by atoms with Crippen molar-refractivity contribution in [1.29, 1.82) is 0 Å². The summed E-state index contributed by atoms with van der Waals surface area (Å²) in [5.74, 6) is -1.48. The molecule has 49 heavy (non-hydrogen) atoms. The van der Waals surface area contributed by atoms with Crippen LogP contribution in [0.15, 0.2) is 47.8 Å². The molecule has 0 saturated carbocycles. The number of fused-ring (bicyclic) bond motifs is 2. The molecule has 1 aromatic carbocycles. The first kappa shape index (κ1) is 34.1. The number of carbonyl (C=O) groups is 2. The van der Waals surface area contributed by atoms with Gasteiger partial charge in [-0.05, 0) is 63.6 Å². The Hall–Kier alpha value is -4.73. The van der Waals surface area contributed by atoms with Gasteiger partial charge in [0.1, 0.15) is 18.0 Å². The van der Waals surface area contributed by atoms with Crippen LogP contribution in [-0.2, 0) is 22.5 Å². The van der Waals surface area contributed by atoms with Gasteiger partial charge in [0.25, 0.3) is 12.0 Å². The number of hydrogen-bond donors (Lipinski definition) is 1. The zero-order valence-corrected chi connectivity index (χ0v) is 27.7. The van der Waals surface area contributed by atoms with Crippen LogP contribution in [0.2, 0.25) is 0 Å². The molecule has 4 heterocycles. The first-order chi connectivity index (χ1) is 23.1. The lowest BCUT2D eigenvalue weighted by Gasteiger charge is -2.38. The predicted octanol–water partition coefficient (Wildman–Crippen LogP) is 4.00. The van der Waals surface area contributed by atoms with Crippen molar-refractivity contribution < 1.29 is 32.6 Å². The van der Waals surface area contributed by atoms with Crippen LogP contribution in [0.5, 0.6) is 0 Å². The molecule has 1 saturated heterocycles. The number of aryl methyl sites for hydroxylation is 1. The van der Waals surface area contributed by atoms with Crippen molar-refractivity contribution in [2.24, 2.45) is 0 Å². The molecule has 2 aliphatic rings. The fourth-order valence-corrected chi connectivity index (χ4v) is 6.58. The molecule has 3 aromatic heterocycles. The van der Waals surface area contributed by atoms with Gasteiger partial charge in [-0.3, -0.25) is 18.8 Å². The van der Waals surface area contributed by atoms with Gasteiger partial charge in [0, 0.05) is 38.0 Å². The summed E-state index contributed by atoms with van der Waals surface area (Å²) in [4.78, 5) is 46.3. The molecule has 1 fully saturated rings. The zero-order chi connectivity index (χ0) is 35.2. The maximum absolute atomic E-state index is 13.6. The Kier molecular flexibility index (Phi) is 9.02. The number of nitrogens with zero attached hydrogens (tertiary/aromatic N) is 8. The summed E-state index contributed by atoms with van der Waals surface area (Å²) in [6.07, 6.45) is 1.79. The number of alkyl halides is 2. The number of aliphatic hydroxyl groups is 1. The number of ether oxygens (including phenoxy) is 1. The predicted molar refractivity (Wildman–Crippen MR) is 170 cm³/mol. The quantitative estimate of drug-likeness (QED) is 0.294. The van der Waals surface area contributed by atoms with E-state index in [2.05, 4.69) is 15.2 Å². The summed E-state index contributed by atoms with van der Waals surface area (Å²) in [5, 5.41) is 19.2. The number of halogens is 3. The van der Waals surface area contributed by atoms with Crippen LogP contribution in [0.3, 0.4) is 0 Å². The smallest absolute Gasteiger partial charge is 0.410 e. The summed E-state index contributed by atoms with van der Waals surface area (Å²) < 4.78 is 49.6. The highest BCUT2D eigenvalue weighted by atomic mass is 19.3. The van der Waals surface area contributed by atoms with E-state index in [0.717, 1.165) is 46.5 Å². The minimum atomic E-state index is -2.93. The molecule has 2 amide bonds. The van der Waals surface area contributed by atoms with Crippen molar-refractivity contribution in [2.45, 2.75) is 89.1 Å². The number of aromatic nitrogens is 6. The molecule has 1 N–H and O–H groups in total. The van der Waals surface area contributed by atoms with Gasteiger partial charge in [0.2, 0.25) is 17.5 Å². The standard InChI is InChI=1S/C33H39F3N8O5/c1-32(2,3)49-31(47)40(4)23-8-6-20-15-21(5-7-22(20)23)25-17-37-29-30(46)42(19-38-44(25)29)18-33(48)10-13-41(14-11-33)27(45)16-24(28(35)36)43-12-9-26(34)39-43/h5,7,9,12,15,17,19,23-24,28,48H,6,8,10-11,13-14,16,18H2,1-4H3. The Morgan fingerprint density at radius 3 is 2.57 bits per heavy atom. The molecule has 4 aromatic rings. The van der Waals surface area contributed by atoms with Crippen LogP contribution < -0.4 is 5.56 Å². The van der Waals surface area contributed by atoms with E-state index in [1.165, 1.54) is 20.3 Å². The van der Waals surface area contributed by atoms with Gasteiger partial charge in [-0.15, -0.1) is 5.10 Å². The van der Waals surface area contributed by atoms with Crippen molar-refractivity contribution in [2.75, 3.05) is 20.1 Å². The number of piperidine rings is 1. The maximum atomic E-state index is 13.6. The molecule has 0 spiro atoms. The maximum Gasteiger partial charge on any atom is 0.410 e. The van der Waals surface area contributed by atoms with Crippen molar-refractivity contribution in [3.05, 3.63) is 70.4 Å². The highest BCUT2D eigenvalue weighted by Gasteiger charge is 2.37. The highest BCUT2D eigenvalue weighted by Crippen LogP contribution is 2.38. The zero-order valence-electron chi connectivity index (χ0n) is 27.7. The molecular weight excluding hydrogens is 645 g/mol. The average Bonchev–Trinajstić information content (AvgIpc) is 3.78. The van der Waals surface area contributed by atoms with E-state index in [0.29, 0.717) is 5.69 Å². The summed E-state index contributed by atoms with van der Waals surface area (Å²) >= 11 is 0. The first-order valence-electron chi connectivity index (χ1n) is 16.1. The van der Waals surface area contributed by atoms with Crippen molar-refractivity contribution >= 4 is 17.6 Å². The van der Waals surface area contributed by atoms with Crippen LogP contribution in [0.4, 0.5) is 18.0 Å². The number of imidazole rings is 1. The third-order valence-corrected chi connectivity index (χ3v) is 9.23. The van der Waals surface area contributed by atoms with Crippen LogP contribution >= 0.6 is 0 Å². The van der Waals surface area contributed by atoms with Crippen LogP contribution in [0.1, 0.15) is 69.7 Å². The lowest BCUT2D eigenvalue weighted by Crippen LogP contribution is -2.50. The SMILES string of the molecule is CN(C(=O)OC(C)(C)C)C1CCc2cc(-c3cnc4c(=O)n(CC5(O)CCN(C(=O)CC(C(F)F)n6ccc(F)n6)CC5)cnn34)ccc21. The van der Waals surface area contributed by atoms with Gasteiger partial charge >= 0.3 is 6.09 Å². The van der Waals surface area contributed by atoms with E-state index in [4.69, 9.17) is 4.74 Å². The van der Waals surface area contributed by atoms with Gasteiger partial charge in [-0.1, -0.05) is 12.1 Å². The van der Waals surface area contributed by atoms with E-state index in [9.17, 15) is 32.7 Å². The van der Waals surface area contributed by atoms with Gasteiger partial charge in [0.15, 0.2) is 0 Å². The third-order valence-electron chi connectivity index (χ3n) is 9.23.